The van der Waals surface area contributed by atoms with Crippen molar-refractivity contribution in [2.75, 3.05) is 13.1 Å². The molecule has 2 aromatic rings. The van der Waals surface area contributed by atoms with Crippen LogP contribution in [0.15, 0.2) is 24.4 Å². The van der Waals surface area contributed by atoms with Crippen LogP contribution in [0.25, 0.3) is 0 Å². The van der Waals surface area contributed by atoms with Gasteiger partial charge in [-0.1, -0.05) is 13.8 Å². The van der Waals surface area contributed by atoms with Crippen molar-refractivity contribution < 1.29 is 14.0 Å². The molecule has 8 heteroatoms. The topological polar surface area (TPSA) is 80.1 Å². The summed E-state index contributed by atoms with van der Waals surface area (Å²) in [7, 11) is 0. The van der Waals surface area contributed by atoms with E-state index in [0.717, 1.165) is 5.69 Å². The number of carbonyl (C=O) groups is 2. The Hall–Kier alpha value is -2.77. The predicted molar refractivity (Wildman–Crippen MR) is 88.3 cm³/mol. The van der Waals surface area contributed by atoms with Crippen LogP contribution in [0.5, 0.6) is 0 Å². The maximum Gasteiger partial charge on any atom is 0.275 e. The fourth-order valence-corrected chi connectivity index (χ4v) is 2.63. The Morgan fingerprint density at radius 3 is 2.88 bits per heavy atom. The van der Waals surface area contributed by atoms with Crippen molar-refractivity contribution in [3.05, 3.63) is 47.3 Å². The molecule has 0 radical (unpaired) electrons. The molecular formula is C17H20FN5O2. The van der Waals surface area contributed by atoms with E-state index in [9.17, 15) is 14.0 Å². The quantitative estimate of drug-likeness (QED) is 0.910. The van der Waals surface area contributed by atoms with Crippen LogP contribution in [0.2, 0.25) is 0 Å². The number of halogens is 1. The van der Waals surface area contributed by atoms with Crippen molar-refractivity contribution in [1.82, 2.24) is 25.0 Å². The van der Waals surface area contributed by atoms with Gasteiger partial charge in [0.1, 0.15) is 0 Å². The molecule has 0 bridgehead atoms. The highest BCUT2D eigenvalue weighted by Gasteiger charge is 2.26. The lowest BCUT2D eigenvalue weighted by Gasteiger charge is -2.27. The van der Waals surface area contributed by atoms with E-state index in [0.29, 0.717) is 31.2 Å². The average molecular weight is 345 g/mol. The second-order valence-electron chi connectivity index (χ2n) is 6.41. The zero-order valence-electron chi connectivity index (χ0n) is 14.2. The minimum atomic E-state index is -0.639. The Kier molecular flexibility index (Phi) is 4.78. The van der Waals surface area contributed by atoms with E-state index < -0.39 is 11.7 Å². The van der Waals surface area contributed by atoms with Crippen molar-refractivity contribution in [3.8, 4) is 0 Å². The van der Waals surface area contributed by atoms with Crippen LogP contribution in [0.3, 0.4) is 0 Å². The van der Waals surface area contributed by atoms with Crippen LogP contribution in [0, 0.1) is 11.7 Å². The first kappa shape index (κ1) is 17.1. The average Bonchev–Trinajstić information content (AvgIpc) is 3.02. The Balaban J connectivity index is 1.72. The largest absolute Gasteiger partial charge is 0.350 e. The van der Waals surface area contributed by atoms with Crippen molar-refractivity contribution in [1.29, 1.82) is 0 Å². The van der Waals surface area contributed by atoms with Crippen LogP contribution in [0.1, 0.15) is 40.5 Å². The number of nitrogens with one attached hydrogen (secondary N) is 1. The number of hydrogen-bond acceptors (Lipinski definition) is 4. The smallest absolute Gasteiger partial charge is 0.275 e. The van der Waals surface area contributed by atoms with E-state index in [1.165, 1.54) is 23.2 Å². The van der Waals surface area contributed by atoms with Gasteiger partial charge >= 0.3 is 0 Å². The molecule has 1 aliphatic rings. The number of carbonyl (C=O) groups excluding carboxylic acids is 2. The molecule has 3 heterocycles. The first-order chi connectivity index (χ1) is 12.0. The van der Waals surface area contributed by atoms with E-state index in [-0.39, 0.29) is 18.1 Å². The van der Waals surface area contributed by atoms with Gasteiger partial charge in [-0.05, 0) is 24.1 Å². The third-order valence-electron chi connectivity index (χ3n) is 3.95. The number of rotatable bonds is 4. The molecule has 2 amide bonds. The van der Waals surface area contributed by atoms with Crippen LogP contribution < -0.4 is 5.32 Å². The van der Waals surface area contributed by atoms with Crippen LogP contribution >= 0.6 is 0 Å². The molecular weight excluding hydrogens is 325 g/mol. The third kappa shape index (κ3) is 3.67. The molecule has 0 atom stereocenters. The molecule has 0 saturated heterocycles. The molecule has 7 nitrogen and oxygen atoms in total. The zero-order chi connectivity index (χ0) is 18.0. The van der Waals surface area contributed by atoms with E-state index >= 15 is 0 Å². The zero-order valence-corrected chi connectivity index (χ0v) is 14.2. The van der Waals surface area contributed by atoms with Crippen molar-refractivity contribution >= 4 is 11.8 Å². The number of hydrogen-bond donors (Lipinski definition) is 1. The Morgan fingerprint density at radius 2 is 2.16 bits per heavy atom. The van der Waals surface area contributed by atoms with E-state index in [1.807, 2.05) is 13.8 Å². The molecule has 0 fully saturated rings. The summed E-state index contributed by atoms with van der Waals surface area (Å²) in [5.41, 5.74) is 0.880. The van der Waals surface area contributed by atoms with Gasteiger partial charge in [0, 0.05) is 19.3 Å². The second-order valence-corrected chi connectivity index (χ2v) is 6.41. The highest BCUT2D eigenvalue weighted by Crippen LogP contribution is 2.17. The normalized spacial score (nSPS) is 13.7. The third-order valence-corrected chi connectivity index (χ3v) is 3.95. The van der Waals surface area contributed by atoms with Crippen LogP contribution in [0.4, 0.5) is 4.39 Å². The molecule has 1 N–H and O–H groups in total. The van der Waals surface area contributed by atoms with Gasteiger partial charge in [0.15, 0.2) is 17.2 Å². The van der Waals surface area contributed by atoms with E-state index in [4.69, 9.17) is 0 Å². The summed E-state index contributed by atoms with van der Waals surface area (Å²) in [4.78, 5) is 29.9. The van der Waals surface area contributed by atoms with Gasteiger partial charge in [-0.25, -0.2) is 9.37 Å². The first-order valence-electron chi connectivity index (χ1n) is 8.20. The maximum absolute atomic E-state index is 13.8. The summed E-state index contributed by atoms with van der Waals surface area (Å²) in [6, 6.07) is 4.33. The standard InChI is InChI=1S/C17H20FN5O2/c1-11(2)9-20-16(24)14-8-12-10-22(6-7-23(12)21-14)17(25)15-13(18)4-3-5-19-15/h3-5,8,11H,6-7,9-10H2,1-2H3,(H,20,24). The fraction of sp³-hybridized carbons (Fsp3) is 0.412. The lowest BCUT2D eigenvalue weighted by atomic mass is 10.2. The molecule has 0 spiro atoms. The highest BCUT2D eigenvalue weighted by molar-refractivity contribution is 5.93. The second kappa shape index (κ2) is 7.00. The Bertz CT molecular complexity index is 802. The summed E-state index contributed by atoms with van der Waals surface area (Å²) in [6.45, 7) is 5.70. The minimum Gasteiger partial charge on any atom is -0.350 e. The summed E-state index contributed by atoms with van der Waals surface area (Å²) in [6.07, 6.45) is 1.39. The van der Waals surface area contributed by atoms with Gasteiger partial charge in [-0.2, -0.15) is 5.10 Å². The molecule has 25 heavy (non-hydrogen) atoms. The number of amides is 2. The summed E-state index contributed by atoms with van der Waals surface area (Å²) in [5.74, 6) is -0.983. The summed E-state index contributed by atoms with van der Waals surface area (Å²) in [5, 5.41) is 7.11. The fourth-order valence-electron chi connectivity index (χ4n) is 2.63. The van der Waals surface area contributed by atoms with Crippen molar-refractivity contribution in [2.45, 2.75) is 26.9 Å². The van der Waals surface area contributed by atoms with Crippen LogP contribution in [-0.4, -0.2) is 44.6 Å². The summed E-state index contributed by atoms with van der Waals surface area (Å²) >= 11 is 0. The molecule has 0 aliphatic carbocycles. The van der Waals surface area contributed by atoms with E-state index in [1.54, 1.807) is 10.7 Å². The molecule has 2 aromatic heterocycles. The SMILES string of the molecule is CC(C)CNC(=O)c1cc2n(n1)CCN(C(=O)c1ncccc1F)C2. The van der Waals surface area contributed by atoms with E-state index in [2.05, 4.69) is 15.4 Å². The van der Waals surface area contributed by atoms with Gasteiger partial charge < -0.3 is 10.2 Å². The number of pyridine rings is 1. The monoisotopic (exact) mass is 345 g/mol. The molecule has 0 aromatic carbocycles. The lowest BCUT2D eigenvalue weighted by molar-refractivity contribution is 0.0694. The lowest BCUT2D eigenvalue weighted by Crippen LogP contribution is -2.39. The van der Waals surface area contributed by atoms with Crippen molar-refractivity contribution in [3.63, 3.8) is 0 Å². The van der Waals surface area contributed by atoms with Gasteiger partial charge in [0.2, 0.25) is 0 Å². The molecule has 0 unspecified atom stereocenters. The molecule has 3 rings (SSSR count). The Labute approximate surface area is 144 Å². The number of nitrogens with zero attached hydrogens (tertiary/aromatic N) is 4. The predicted octanol–water partition coefficient (Wildman–Crippen LogP) is 1.46. The summed E-state index contributed by atoms with van der Waals surface area (Å²) < 4.78 is 15.5. The minimum absolute atomic E-state index is 0.189. The molecule has 1 aliphatic heterocycles. The maximum atomic E-state index is 13.8. The van der Waals surface area contributed by atoms with Crippen LogP contribution in [-0.2, 0) is 13.1 Å². The van der Waals surface area contributed by atoms with Gasteiger partial charge in [-0.3, -0.25) is 14.3 Å². The van der Waals surface area contributed by atoms with Gasteiger partial charge in [0.25, 0.3) is 11.8 Å². The van der Waals surface area contributed by atoms with Gasteiger partial charge in [0.05, 0.1) is 18.8 Å². The molecule has 0 saturated carbocycles. The van der Waals surface area contributed by atoms with Crippen molar-refractivity contribution in [2.24, 2.45) is 5.92 Å². The number of fused-ring (bicyclic) bond motifs is 1. The highest BCUT2D eigenvalue weighted by atomic mass is 19.1. The van der Waals surface area contributed by atoms with Gasteiger partial charge in [-0.15, -0.1) is 0 Å². The first-order valence-corrected chi connectivity index (χ1v) is 8.20. The number of aromatic nitrogens is 3. The molecule has 132 valence electrons. The Morgan fingerprint density at radius 1 is 1.36 bits per heavy atom.